The summed E-state index contributed by atoms with van der Waals surface area (Å²) in [4.78, 5) is 49.6. The molecule has 0 aliphatic heterocycles. The topological polar surface area (TPSA) is 129 Å². The van der Waals surface area contributed by atoms with Gasteiger partial charge in [-0.3, -0.25) is 10.6 Å². The SMILES string of the molecule is CCOC(=O)[C@@H](OC(=O)Nc1ccccc1)[C@@H](OC(=O)Nc1ccccc1)C(=O)OCC. The van der Waals surface area contributed by atoms with Crippen molar-refractivity contribution in [3.8, 4) is 0 Å². The van der Waals surface area contributed by atoms with Crippen molar-refractivity contribution in [3.05, 3.63) is 60.7 Å². The Morgan fingerprint density at radius 2 is 1.00 bits per heavy atom. The van der Waals surface area contributed by atoms with E-state index in [0.717, 1.165) is 0 Å². The molecule has 0 aliphatic rings. The first-order chi connectivity index (χ1) is 15.4. The number of ether oxygens (including phenoxy) is 4. The van der Waals surface area contributed by atoms with E-state index in [1.165, 1.54) is 13.8 Å². The van der Waals surface area contributed by atoms with Gasteiger partial charge >= 0.3 is 24.1 Å². The van der Waals surface area contributed by atoms with Gasteiger partial charge in [0, 0.05) is 11.4 Å². The van der Waals surface area contributed by atoms with Crippen molar-refractivity contribution in [3.63, 3.8) is 0 Å². The minimum Gasteiger partial charge on any atom is -0.463 e. The highest BCUT2D eigenvalue weighted by molar-refractivity contribution is 5.93. The van der Waals surface area contributed by atoms with Crippen molar-refractivity contribution in [1.29, 1.82) is 0 Å². The van der Waals surface area contributed by atoms with E-state index in [2.05, 4.69) is 10.6 Å². The van der Waals surface area contributed by atoms with Gasteiger partial charge in [-0.15, -0.1) is 0 Å². The Morgan fingerprint density at radius 1 is 0.656 bits per heavy atom. The first-order valence-electron chi connectivity index (χ1n) is 9.83. The van der Waals surface area contributed by atoms with Gasteiger partial charge in [-0.05, 0) is 38.1 Å². The van der Waals surface area contributed by atoms with Gasteiger partial charge in [0.1, 0.15) is 0 Å². The summed E-state index contributed by atoms with van der Waals surface area (Å²) in [5, 5.41) is 4.82. The molecule has 2 atom stereocenters. The lowest BCUT2D eigenvalue weighted by Crippen LogP contribution is -2.48. The van der Waals surface area contributed by atoms with Gasteiger partial charge in [0.25, 0.3) is 0 Å². The zero-order valence-corrected chi connectivity index (χ0v) is 17.6. The number of hydrogen-bond acceptors (Lipinski definition) is 8. The molecule has 10 nitrogen and oxygen atoms in total. The van der Waals surface area contributed by atoms with Crippen LogP contribution in [0.4, 0.5) is 21.0 Å². The Labute approximate surface area is 184 Å². The quantitative estimate of drug-likeness (QED) is 0.445. The molecule has 0 saturated heterocycles. The lowest BCUT2D eigenvalue weighted by Gasteiger charge is -2.24. The predicted molar refractivity (Wildman–Crippen MR) is 114 cm³/mol. The van der Waals surface area contributed by atoms with Crippen LogP contribution in [0.2, 0.25) is 0 Å². The molecular formula is C22H24N2O8. The van der Waals surface area contributed by atoms with Gasteiger partial charge in [-0.25, -0.2) is 19.2 Å². The van der Waals surface area contributed by atoms with Crippen LogP contribution >= 0.6 is 0 Å². The second-order valence-corrected chi connectivity index (χ2v) is 6.14. The van der Waals surface area contributed by atoms with Crippen LogP contribution in [0.25, 0.3) is 0 Å². The number of anilines is 2. The maximum absolute atomic E-state index is 12.5. The van der Waals surface area contributed by atoms with Gasteiger partial charge in [0.2, 0.25) is 12.2 Å². The van der Waals surface area contributed by atoms with E-state index in [9.17, 15) is 19.2 Å². The molecule has 0 spiro atoms. The molecule has 0 unspecified atom stereocenters. The average Bonchev–Trinajstić information content (AvgIpc) is 2.77. The van der Waals surface area contributed by atoms with Crippen molar-refractivity contribution in [1.82, 2.24) is 0 Å². The van der Waals surface area contributed by atoms with E-state index in [1.807, 2.05) is 0 Å². The molecule has 2 N–H and O–H groups in total. The smallest absolute Gasteiger partial charge is 0.412 e. The number of esters is 2. The van der Waals surface area contributed by atoms with E-state index in [0.29, 0.717) is 11.4 Å². The van der Waals surface area contributed by atoms with Crippen LogP contribution in [-0.2, 0) is 28.5 Å². The highest BCUT2D eigenvalue weighted by Gasteiger charge is 2.42. The third-order valence-corrected chi connectivity index (χ3v) is 3.82. The normalized spacial score (nSPS) is 11.9. The van der Waals surface area contributed by atoms with Crippen molar-refractivity contribution in [2.45, 2.75) is 26.1 Å². The fraction of sp³-hybridized carbons (Fsp3) is 0.273. The Balaban J connectivity index is 2.21. The van der Waals surface area contributed by atoms with Gasteiger partial charge in [0.05, 0.1) is 13.2 Å². The molecule has 2 aromatic rings. The first-order valence-corrected chi connectivity index (χ1v) is 9.83. The van der Waals surface area contributed by atoms with Gasteiger partial charge in [-0.1, -0.05) is 36.4 Å². The number of para-hydroxylation sites is 2. The number of nitrogens with one attached hydrogen (secondary N) is 2. The van der Waals surface area contributed by atoms with Crippen LogP contribution < -0.4 is 10.6 Å². The summed E-state index contributed by atoms with van der Waals surface area (Å²) < 4.78 is 20.0. The maximum atomic E-state index is 12.5. The maximum Gasteiger partial charge on any atom is 0.412 e. The molecule has 0 fully saturated rings. The third-order valence-electron chi connectivity index (χ3n) is 3.82. The van der Waals surface area contributed by atoms with E-state index >= 15 is 0 Å². The zero-order valence-electron chi connectivity index (χ0n) is 17.6. The fourth-order valence-corrected chi connectivity index (χ4v) is 2.48. The second-order valence-electron chi connectivity index (χ2n) is 6.14. The van der Waals surface area contributed by atoms with Crippen LogP contribution in [0.15, 0.2) is 60.7 Å². The van der Waals surface area contributed by atoms with Crippen LogP contribution in [-0.4, -0.2) is 49.5 Å². The zero-order chi connectivity index (χ0) is 23.3. The van der Waals surface area contributed by atoms with E-state index in [-0.39, 0.29) is 13.2 Å². The monoisotopic (exact) mass is 444 g/mol. The third kappa shape index (κ3) is 7.63. The molecule has 10 heteroatoms. The molecular weight excluding hydrogens is 420 g/mol. The predicted octanol–water partition coefficient (Wildman–Crippen LogP) is 3.35. The Bertz CT molecular complexity index is 829. The molecule has 0 heterocycles. The summed E-state index contributed by atoms with van der Waals surface area (Å²) in [6.07, 6.45) is -5.93. The van der Waals surface area contributed by atoms with Crippen molar-refractivity contribution < 1.29 is 38.1 Å². The molecule has 2 amide bonds. The van der Waals surface area contributed by atoms with Crippen LogP contribution in [0.5, 0.6) is 0 Å². The van der Waals surface area contributed by atoms with Crippen molar-refractivity contribution >= 4 is 35.5 Å². The Hall–Kier alpha value is -4.08. The van der Waals surface area contributed by atoms with Gasteiger partial charge < -0.3 is 18.9 Å². The van der Waals surface area contributed by atoms with Crippen molar-refractivity contribution in [2.75, 3.05) is 23.8 Å². The summed E-state index contributed by atoms with van der Waals surface area (Å²) >= 11 is 0. The van der Waals surface area contributed by atoms with Gasteiger partial charge in [0.15, 0.2) is 0 Å². The lowest BCUT2D eigenvalue weighted by molar-refractivity contribution is -0.172. The van der Waals surface area contributed by atoms with Crippen LogP contribution in [0.3, 0.4) is 0 Å². The van der Waals surface area contributed by atoms with Crippen LogP contribution in [0.1, 0.15) is 13.8 Å². The van der Waals surface area contributed by atoms with Crippen molar-refractivity contribution in [2.24, 2.45) is 0 Å². The molecule has 0 aromatic heterocycles. The largest absolute Gasteiger partial charge is 0.463 e. The number of amides is 2. The standard InChI is InChI=1S/C22H24N2O8/c1-3-29-19(25)17(31-21(27)23-15-11-7-5-8-12-15)18(20(26)30-4-2)32-22(28)24-16-13-9-6-10-14-16/h5-14,17-18H,3-4H2,1-2H3,(H,23,27)(H,24,28)/t17-,18+. The molecule has 0 radical (unpaired) electrons. The van der Waals surface area contributed by atoms with E-state index in [4.69, 9.17) is 18.9 Å². The molecule has 0 saturated carbocycles. The highest BCUT2D eigenvalue weighted by atomic mass is 16.6. The fourth-order valence-electron chi connectivity index (χ4n) is 2.48. The minimum absolute atomic E-state index is 0.0647. The summed E-state index contributed by atoms with van der Waals surface area (Å²) in [7, 11) is 0. The number of rotatable bonds is 9. The molecule has 32 heavy (non-hydrogen) atoms. The Kier molecular flexibility index (Phi) is 9.51. The Morgan fingerprint density at radius 3 is 1.31 bits per heavy atom. The minimum atomic E-state index is -1.90. The van der Waals surface area contributed by atoms with E-state index in [1.54, 1.807) is 60.7 Å². The molecule has 2 aromatic carbocycles. The van der Waals surface area contributed by atoms with Gasteiger partial charge in [-0.2, -0.15) is 0 Å². The summed E-state index contributed by atoms with van der Waals surface area (Å²) in [5.74, 6) is -2.16. The lowest BCUT2D eigenvalue weighted by atomic mass is 10.2. The summed E-state index contributed by atoms with van der Waals surface area (Å²) in [6, 6.07) is 16.6. The molecule has 0 bridgehead atoms. The first kappa shape index (κ1) is 24.2. The molecule has 170 valence electrons. The van der Waals surface area contributed by atoms with Crippen LogP contribution in [0, 0.1) is 0 Å². The summed E-state index contributed by atoms with van der Waals surface area (Å²) in [5.41, 5.74) is 0.770. The van der Waals surface area contributed by atoms with E-state index < -0.39 is 36.3 Å². The second kappa shape index (κ2) is 12.6. The number of hydrogen-bond donors (Lipinski definition) is 2. The highest BCUT2D eigenvalue weighted by Crippen LogP contribution is 2.14. The molecule has 0 aliphatic carbocycles. The number of carbonyl (C=O) groups excluding carboxylic acids is 4. The average molecular weight is 444 g/mol. The number of benzene rings is 2. The number of carbonyl (C=O) groups is 4. The molecule has 2 rings (SSSR count). The summed E-state index contributed by atoms with van der Waals surface area (Å²) in [6.45, 7) is 2.93.